The van der Waals surface area contributed by atoms with Crippen LogP contribution in [0.4, 0.5) is 0 Å². The first-order valence-electron chi connectivity index (χ1n) is 6.22. The molecule has 2 aliphatic rings. The summed E-state index contributed by atoms with van der Waals surface area (Å²) in [5.41, 5.74) is 0.461. The van der Waals surface area contributed by atoms with Crippen molar-refractivity contribution in [2.24, 2.45) is 23.2 Å². The minimum absolute atomic E-state index is 0.383. The van der Waals surface area contributed by atoms with E-state index in [1.165, 1.54) is 11.3 Å². The average Bonchev–Trinajstić information content (AvgIpc) is 2.69. The topological polar surface area (TPSA) is 9.23 Å². The zero-order chi connectivity index (χ0) is 11.3. The van der Waals surface area contributed by atoms with Crippen LogP contribution in [-0.4, -0.2) is 6.61 Å². The monoisotopic (exact) mass is 236 g/mol. The Bertz CT molecular complexity index is 363. The molecule has 1 saturated carbocycles. The maximum absolute atomic E-state index is 6.01. The van der Waals surface area contributed by atoms with E-state index in [0.29, 0.717) is 11.5 Å². The van der Waals surface area contributed by atoms with Crippen molar-refractivity contribution in [2.45, 2.75) is 33.3 Å². The van der Waals surface area contributed by atoms with Gasteiger partial charge in [0.25, 0.3) is 0 Å². The van der Waals surface area contributed by atoms with Gasteiger partial charge in [0.05, 0.1) is 12.7 Å². The van der Waals surface area contributed by atoms with E-state index in [9.17, 15) is 0 Å². The normalized spacial score (nSPS) is 38.2. The first-order valence-corrected chi connectivity index (χ1v) is 7.10. The molecule has 0 radical (unpaired) electrons. The van der Waals surface area contributed by atoms with Gasteiger partial charge in [0.1, 0.15) is 0 Å². The molecule has 3 rings (SSSR count). The lowest BCUT2D eigenvalue weighted by Crippen LogP contribution is -2.12. The minimum Gasteiger partial charge on any atom is -0.372 e. The third-order valence-corrected chi connectivity index (χ3v) is 5.13. The Hall–Kier alpha value is -0.340. The number of hydrogen-bond acceptors (Lipinski definition) is 2. The molecule has 0 amide bonds. The summed E-state index contributed by atoms with van der Waals surface area (Å²) in [6.45, 7) is 8.09. The maximum Gasteiger partial charge on any atom is 0.0919 e. The summed E-state index contributed by atoms with van der Waals surface area (Å²) >= 11 is 1.83. The number of fused-ring (bicyclic) bond motifs is 1. The van der Waals surface area contributed by atoms with Crippen LogP contribution in [0.2, 0.25) is 0 Å². The number of thiophene rings is 1. The highest BCUT2D eigenvalue weighted by atomic mass is 32.1. The van der Waals surface area contributed by atoms with Crippen molar-refractivity contribution in [3.05, 3.63) is 22.4 Å². The molecular weight excluding hydrogens is 216 g/mol. The highest BCUT2D eigenvalue weighted by Crippen LogP contribution is 2.62. The molecule has 16 heavy (non-hydrogen) atoms. The van der Waals surface area contributed by atoms with E-state index < -0.39 is 0 Å². The molecule has 2 heterocycles. The average molecular weight is 236 g/mol. The van der Waals surface area contributed by atoms with Crippen LogP contribution in [-0.2, 0) is 4.74 Å². The van der Waals surface area contributed by atoms with Crippen LogP contribution in [0, 0.1) is 23.2 Å². The lowest BCUT2D eigenvalue weighted by molar-refractivity contribution is 0.0105. The minimum atomic E-state index is 0.383. The van der Waals surface area contributed by atoms with Crippen LogP contribution in [0.3, 0.4) is 0 Å². The molecule has 4 unspecified atom stereocenters. The van der Waals surface area contributed by atoms with Gasteiger partial charge >= 0.3 is 0 Å². The Balaban J connectivity index is 1.70. The van der Waals surface area contributed by atoms with Crippen LogP contribution in [0.25, 0.3) is 0 Å². The van der Waals surface area contributed by atoms with E-state index >= 15 is 0 Å². The molecule has 1 nitrogen and oxygen atoms in total. The fourth-order valence-electron chi connectivity index (χ4n) is 3.49. The van der Waals surface area contributed by atoms with Gasteiger partial charge in [0.15, 0.2) is 0 Å². The van der Waals surface area contributed by atoms with Crippen LogP contribution >= 0.6 is 11.3 Å². The summed E-state index contributed by atoms with van der Waals surface area (Å²) in [5, 5.41) is 2.15. The number of rotatable bonds is 1. The van der Waals surface area contributed by atoms with Gasteiger partial charge in [0.2, 0.25) is 0 Å². The molecule has 2 heteroatoms. The highest BCUT2D eigenvalue weighted by Gasteiger charge is 2.58. The van der Waals surface area contributed by atoms with Gasteiger partial charge in [-0.2, -0.15) is 0 Å². The van der Waals surface area contributed by atoms with Crippen molar-refractivity contribution >= 4 is 11.3 Å². The second-order valence-electron chi connectivity index (χ2n) is 6.29. The summed E-state index contributed by atoms with van der Waals surface area (Å²) in [7, 11) is 0. The van der Waals surface area contributed by atoms with Crippen molar-refractivity contribution in [1.82, 2.24) is 0 Å². The summed E-state index contributed by atoms with van der Waals surface area (Å²) in [6.07, 6.45) is 1.63. The first kappa shape index (κ1) is 10.8. The van der Waals surface area contributed by atoms with Gasteiger partial charge in [0, 0.05) is 4.88 Å². The Morgan fingerprint density at radius 1 is 1.31 bits per heavy atom. The molecular formula is C14H20OS. The molecule has 0 spiro atoms. The molecule has 1 aliphatic heterocycles. The van der Waals surface area contributed by atoms with Crippen molar-refractivity contribution in [3.63, 3.8) is 0 Å². The second-order valence-corrected chi connectivity index (χ2v) is 7.27. The zero-order valence-electron chi connectivity index (χ0n) is 10.3. The lowest BCUT2D eigenvalue weighted by Gasteiger charge is -2.20. The van der Waals surface area contributed by atoms with Crippen molar-refractivity contribution < 1.29 is 4.74 Å². The largest absolute Gasteiger partial charge is 0.372 e. The van der Waals surface area contributed by atoms with Gasteiger partial charge in [-0.25, -0.2) is 0 Å². The molecule has 1 saturated heterocycles. The fourth-order valence-corrected chi connectivity index (χ4v) is 4.28. The standard InChI is InChI=1S/C14H20OS/c1-14(2,3)13-9-7-11(15-8-10(9)13)12-5-4-6-16-12/h4-6,9-11,13H,7-8H2,1-3H3. The number of hydrogen-bond donors (Lipinski definition) is 0. The van der Waals surface area contributed by atoms with E-state index in [1.54, 1.807) is 0 Å². The van der Waals surface area contributed by atoms with Gasteiger partial charge in [-0.15, -0.1) is 11.3 Å². The van der Waals surface area contributed by atoms with Crippen LogP contribution in [0.1, 0.15) is 38.2 Å². The molecule has 0 bridgehead atoms. The molecule has 1 aromatic heterocycles. The van der Waals surface area contributed by atoms with Crippen molar-refractivity contribution in [3.8, 4) is 0 Å². The van der Waals surface area contributed by atoms with E-state index in [4.69, 9.17) is 4.74 Å². The third kappa shape index (κ3) is 1.72. The molecule has 1 aliphatic carbocycles. The molecule has 2 fully saturated rings. The molecule has 88 valence electrons. The summed E-state index contributed by atoms with van der Waals surface area (Å²) in [6, 6.07) is 4.34. The zero-order valence-corrected chi connectivity index (χ0v) is 11.1. The van der Waals surface area contributed by atoms with Crippen LogP contribution in [0.5, 0.6) is 0 Å². The van der Waals surface area contributed by atoms with E-state index in [2.05, 4.69) is 38.3 Å². The van der Waals surface area contributed by atoms with Gasteiger partial charge in [-0.3, -0.25) is 0 Å². The molecule has 4 atom stereocenters. The van der Waals surface area contributed by atoms with E-state index in [-0.39, 0.29) is 0 Å². The summed E-state index contributed by atoms with van der Waals surface area (Å²) in [4.78, 5) is 1.41. The Morgan fingerprint density at radius 2 is 2.12 bits per heavy atom. The maximum atomic E-state index is 6.01. The predicted octanol–water partition coefficient (Wildman–Crippen LogP) is 4.12. The smallest absolute Gasteiger partial charge is 0.0919 e. The first-order chi connectivity index (χ1) is 7.57. The molecule has 0 aromatic carbocycles. The molecule has 0 N–H and O–H groups in total. The lowest BCUT2D eigenvalue weighted by atomic mass is 9.87. The van der Waals surface area contributed by atoms with Gasteiger partial charge in [-0.05, 0) is 41.0 Å². The van der Waals surface area contributed by atoms with E-state index in [0.717, 1.165) is 24.4 Å². The Kier molecular flexibility index (Phi) is 2.41. The Labute approximate surface area is 102 Å². The quantitative estimate of drug-likeness (QED) is 0.712. The SMILES string of the molecule is CC(C)(C)C1C2COC(c3cccs3)CC21. The summed E-state index contributed by atoms with van der Waals surface area (Å²) < 4.78 is 6.01. The van der Waals surface area contributed by atoms with Crippen molar-refractivity contribution in [1.29, 1.82) is 0 Å². The van der Waals surface area contributed by atoms with Gasteiger partial charge in [-0.1, -0.05) is 26.8 Å². The highest BCUT2D eigenvalue weighted by molar-refractivity contribution is 7.10. The van der Waals surface area contributed by atoms with Crippen molar-refractivity contribution in [2.75, 3.05) is 6.61 Å². The number of ether oxygens (including phenoxy) is 1. The third-order valence-electron chi connectivity index (χ3n) is 4.17. The predicted molar refractivity (Wildman–Crippen MR) is 67.6 cm³/mol. The van der Waals surface area contributed by atoms with Crippen LogP contribution in [0.15, 0.2) is 17.5 Å². The van der Waals surface area contributed by atoms with Crippen LogP contribution < -0.4 is 0 Å². The second kappa shape index (κ2) is 3.58. The fraction of sp³-hybridized carbons (Fsp3) is 0.714. The Morgan fingerprint density at radius 3 is 2.75 bits per heavy atom. The van der Waals surface area contributed by atoms with Gasteiger partial charge < -0.3 is 4.74 Å². The summed E-state index contributed by atoms with van der Waals surface area (Å²) in [5.74, 6) is 2.65. The molecule has 1 aromatic rings. The van der Waals surface area contributed by atoms with E-state index in [1.807, 2.05) is 11.3 Å².